The highest BCUT2D eigenvalue weighted by atomic mass is 15.3. The quantitative estimate of drug-likeness (QED) is 0.185. The van der Waals surface area contributed by atoms with Crippen molar-refractivity contribution < 1.29 is 0 Å². The Hall–Kier alpha value is -4.33. The topological polar surface area (TPSA) is 80.2 Å². The maximum Gasteiger partial charge on any atom is 0.150 e. The van der Waals surface area contributed by atoms with Crippen molar-refractivity contribution in [3.63, 3.8) is 0 Å². The number of rotatable bonds is 11. The fraction of sp³-hybridized carbons (Fsp3) is 0.344. The lowest BCUT2D eigenvalue weighted by molar-refractivity contribution is 0.494. The van der Waals surface area contributed by atoms with Crippen molar-refractivity contribution in [2.45, 2.75) is 39.0 Å². The van der Waals surface area contributed by atoms with E-state index in [9.17, 15) is 0 Å². The van der Waals surface area contributed by atoms with E-state index in [0.29, 0.717) is 5.82 Å². The highest BCUT2D eigenvalue weighted by Crippen LogP contribution is 2.29. The molecule has 0 bridgehead atoms. The molecule has 2 aromatic carbocycles. The SMILES string of the molecule is C=C(CCNc1ccc(Nc2cc(N/N=C/c3ccc4c(c3)N=C(C)C4)nc(N3CCCCC3)c2)cc1)N(C)C. The Morgan fingerprint density at radius 3 is 2.55 bits per heavy atom. The lowest BCUT2D eigenvalue weighted by Gasteiger charge is -2.28. The predicted molar refractivity (Wildman–Crippen MR) is 170 cm³/mol. The molecule has 2 aliphatic rings. The van der Waals surface area contributed by atoms with Gasteiger partial charge in [0.2, 0.25) is 0 Å². The van der Waals surface area contributed by atoms with Gasteiger partial charge in [-0.1, -0.05) is 18.7 Å². The summed E-state index contributed by atoms with van der Waals surface area (Å²) in [6.45, 7) is 9.05. The Morgan fingerprint density at radius 2 is 1.77 bits per heavy atom. The first-order chi connectivity index (χ1) is 19.4. The van der Waals surface area contributed by atoms with Crippen molar-refractivity contribution in [3.8, 4) is 0 Å². The number of fused-ring (bicyclic) bond motifs is 1. The average Bonchev–Trinajstić information content (AvgIpc) is 3.33. The van der Waals surface area contributed by atoms with Gasteiger partial charge in [-0.2, -0.15) is 5.10 Å². The van der Waals surface area contributed by atoms with Gasteiger partial charge < -0.3 is 20.4 Å². The molecule has 3 heterocycles. The third-order valence-corrected chi connectivity index (χ3v) is 7.30. The number of pyridine rings is 1. The molecule has 8 heteroatoms. The average molecular weight is 537 g/mol. The molecular formula is C32H40N8. The predicted octanol–water partition coefficient (Wildman–Crippen LogP) is 6.79. The number of aromatic nitrogens is 1. The zero-order valence-corrected chi connectivity index (χ0v) is 23.9. The second-order valence-electron chi connectivity index (χ2n) is 10.8. The van der Waals surface area contributed by atoms with Crippen LogP contribution in [0.1, 0.15) is 43.7 Å². The van der Waals surface area contributed by atoms with Gasteiger partial charge in [-0.25, -0.2) is 4.98 Å². The molecule has 40 heavy (non-hydrogen) atoms. The van der Waals surface area contributed by atoms with E-state index >= 15 is 0 Å². The van der Waals surface area contributed by atoms with Crippen molar-refractivity contribution in [2.75, 3.05) is 54.7 Å². The van der Waals surface area contributed by atoms with E-state index in [4.69, 9.17) is 4.98 Å². The highest BCUT2D eigenvalue weighted by Gasteiger charge is 2.15. The summed E-state index contributed by atoms with van der Waals surface area (Å²) >= 11 is 0. The molecule has 1 aromatic heterocycles. The van der Waals surface area contributed by atoms with Crippen LogP contribution in [0.25, 0.3) is 0 Å². The third kappa shape index (κ3) is 7.20. The summed E-state index contributed by atoms with van der Waals surface area (Å²) in [6.07, 6.45) is 7.32. The Balaban J connectivity index is 1.27. The zero-order chi connectivity index (χ0) is 27.9. The number of nitrogens with zero attached hydrogens (tertiary/aromatic N) is 5. The molecule has 3 aromatic rings. The molecule has 8 nitrogen and oxygen atoms in total. The Labute approximate surface area is 237 Å². The van der Waals surface area contributed by atoms with E-state index < -0.39 is 0 Å². The number of aliphatic imine (C=N–C) groups is 1. The van der Waals surface area contributed by atoms with Crippen LogP contribution in [0.4, 0.5) is 34.4 Å². The normalized spacial score (nSPS) is 14.6. The van der Waals surface area contributed by atoms with Crippen molar-refractivity contribution >= 4 is 46.3 Å². The van der Waals surface area contributed by atoms with E-state index in [-0.39, 0.29) is 0 Å². The molecule has 2 aliphatic heterocycles. The number of piperidine rings is 1. The van der Waals surface area contributed by atoms with Crippen molar-refractivity contribution in [2.24, 2.45) is 10.1 Å². The van der Waals surface area contributed by atoms with Gasteiger partial charge in [0.25, 0.3) is 0 Å². The third-order valence-electron chi connectivity index (χ3n) is 7.30. The molecule has 0 unspecified atom stereocenters. The summed E-state index contributed by atoms with van der Waals surface area (Å²) < 4.78 is 0. The lowest BCUT2D eigenvalue weighted by atomic mass is 10.1. The maximum atomic E-state index is 4.89. The number of hydrazone groups is 1. The van der Waals surface area contributed by atoms with Crippen LogP contribution in [0.15, 0.2) is 77.0 Å². The summed E-state index contributed by atoms with van der Waals surface area (Å²) in [7, 11) is 4.05. The summed E-state index contributed by atoms with van der Waals surface area (Å²) in [4.78, 5) is 13.9. The Bertz CT molecular complexity index is 1380. The van der Waals surface area contributed by atoms with Crippen molar-refractivity contribution in [1.29, 1.82) is 0 Å². The first-order valence-electron chi connectivity index (χ1n) is 14.1. The Morgan fingerprint density at radius 1 is 1.00 bits per heavy atom. The van der Waals surface area contributed by atoms with Crippen LogP contribution in [-0.2, 0) is 6.42 Å². The molecule has 0 aliphatic carbocycles. The molecule has 3 N–H and O–H groups in total. The van der Waals surface area contributed by atoms with Gasteiger partial charge in [-0.15, -0.1) is 0 Å². The molecule has 0 saturated carbocycles. The van der Waals surface area contributed by atoms with Gasteiger partial charge in [0.1, 0.15) is 5.82 Å². The van der Waals surface area contributed by atoms with Gasteiger partial charge >= 0.3 is 0 Å². The minimum Gasteiger partial charge on any atom is -0.385 e. The van der Waals surface area contributed by atoms with Crippen LogP contribution in [0.2, 0.25) is 0 Å². The van der Waals surface area contributed by atoms with Gasteiger partial charge in [-0.05, 0) is 67.6 Å². The molecule has 1 saturated heterocycles. The molecule has 0 spiro atoms. The molecule has 0 amide bonds. The summed E-state index contributed by atoms with van der Waals surface area (Å²) in [5, 5.41) is 11.5. The van der Waals surface area contributed by atoms with Crippen molar-refractivity contribution in [1.82, 2.24) is 9.88 Å². The number of nitrogens with one attached hydrogen (secondary N) is 3. The monoisotopic (exact) mass is 536 g/mol. The first-order valence-corrected chi connectivity index (χ1v) is 14.1. The number of hydrogen-bond acceptors (Lipinski definition) is 8. The van der Waals surface area contributed by atoms with Crippen molar-refractivity contribution in [3.05, 3.63) is 78.0 Å². The molecule has 0 atom stereocenters. The van der Waals surface area contributed by atoms with E-state index in [1.54, 1.807) is 0 Å². The van der Waals surface area contributed by atoms with Crippen LogP contribution in [0.5, 0.6) is 0 Å². The summed E-state index contributed by atoms with van der Waals surface area (Å²) in [6, 6.07) is 18.8. The lowest BCUT2D eigenvalue weighted by Crippen LogP contribution is -2.30. The molecule has 0 radical (unpaired) electrons. The van der Waals surface area contributed by atoms with E-state index in [2.05, 4.69) is 98.0 Å². The number of hydrogen-bond donors (Lipinski definition) is 3. The minimum atomic E-state index is 0.705. The maximum absolute atomic E-state index is 4.89. The van der Waals surface area contributed by atoms with E-state index in [1.807, 2.05) is 26.4 Å². The van der Waals surface area contributed by atoms with Crippen LogP contribution in [0, 0.1) is 0 Å². The molecule has 1 fully saturated rings. The van der Waals surface area contributed by atoms with Gasteiger partial charge in [0.05, 0.1) is 11.9 Å². The van der Waals surface area contributed by atoms with Crippen LogP contribution in [0.3, 0.4) is 0 Å². The van der Waals surface area contributed by atoms with Crippen LogP contribution in [-0.4, -0.2) is 55.5 Å². The van der Waals surface area contributed by atoms with Gasteiger partial charge in [0.15, 0.2) is 5.82 Å². The van der Waals surface area contributed by atoms with Gasteiger partial charge in [-0.3, -0.25) is 10.4 Å². The largest absolute Gasteiger partial charge is 0.385 e. The first kappa shape index (κ1) is 27.2. The standard InChI is InChI=1S/C32H40N8/c1-23-18-26-9-8-25(19-30(26)35-23)22-34-38-31-20-29(21-32(37-31)40-16-6-5-7-17-40)36-28-12-10-27(11-13-28)33-15-14-24(2)39(3)4/h8-13,19-22,33H,2,5-7,14-18H2,1,3-4H3,(H2,36,37,38)/b34-22+. The fourth-order valence-corrected chi connectivity index (χ4v) is 4.95. The summed E-state index contributed by atoms with van der Waals surface area (Å²) in [5.74, 6) is 1.67. The number of anilines is 5. The highest BCUT2D eigenvalue weighted by molar-refractivity contribution is 5.93. The second kappa shape index (κ2) is 12.7. The smallest absolute Gasteiger partial charge is 0.150 e. The summed E-state index contributed by atoms with van der Waals surface area (Å²) in [5.41, 5.74) is 11.8. The Kier molecular flexibility index (Phi) is 8.64. The fourth-order valence-electron chi connectivity index (χ4n) is 4.95. The van der Waals surface area contributed by atoms with E-state index in [0.717, 1.165) is 78.0 Å². The molecular weight excluding hydrogens is 496 g/mol. The molecule has 5 rings (SSSR count). The second-order valence-corrected chi connectivity index (χ2v) is 10.8. The molecule has 208 valence electrons. The zero-order valence-electron chi connectivity index (χ0n) is 23.9. The number of benzene rings is 2. The van der Waals surface area contributed by atoms with Crippen LogP contribution >= 0.6 is 0 Å². The minimum absolute atomic E-state index is 0.705. The van der Waals surface area contributed by atoms with Crippen LogP contribution < -0.4 is 21.0 Å². The van der Waals surface area contributed by atoms with E-state index in [1.165, 1.54) is 24.8 Å². The van der Waals surface area contributed by atoms with Gasteiger partial charge in [0, 0.05) is 87.2 Å².